The molecule has 2 amide bonds. The predicted octanol–water partition coefficient (Wildman–Crippen LogP) is 3.15. The van der Waals surface area contributed by atoms with E-state index in [1.54, 1.807) is 11.8 Å². The number of likely N-dealkylation sites (tertiary alicyclic amines) is 1. The van der Waals surface area contributed by atoms with Crippen LogP contribution in [0.2, 0.25) is 0 Å². The lowest BCUT2D eigenvalue weighted by Crippen LogP contribution is -2.42. The number of imide groups is 1. The number of fused-ring (bicyclic) bond motifs is 9. The average molecular weight is 535 g/mol. The highest BCUT2D eigenvalue weighted by Crippen LogP contribution is 2.68. The van der Waals surface area contributed by atoms with E-state index in [1.807, 2.05) is 12.1 Å². The quantitative estimate of drug-likeness (QED) is 0.583. The number of amides is 2. The van der Waals surface area contributed by atoms with Gasteiger partial charge in [0.25, 0.3) is 0 Å². The van der Waals surface area contributed by atoms with Crippen molar-refractivity contribution in [3.63, 3.8) is 0 Å². The highest BCUT2D eigenvalue weighted by atomic mass is 79.9. The van der Waals surface area contributed by atoms with Crippen molar-refractivity contribution in [3.05, 3.63) is 48.8 Å². The number of thioether (sulfide) groups is 1. The zero-order valence-electron chi connectivity index (χ0n) is 16.7. The summed E-state index contributed by atoms with van der Waals surface area (Å²) in [6.45, 7) is -0.0579. The van der Waals surface area contributed by atoms with Crippen molar-refractivity contribution in [2.24, 2.45) is 29.6 Å². The van der Waals surface area contributed by atoms with Gasteiger partial charge in [0.2, 0.25) is 11.8 Å². The molecule has 2 aliphatic carbocycles. The molecule has 0 spiro atoms. The Hall–Kier alpha value is -1.91. The van der Waals surface area contributed by atoms with Crippen LogP contribution >= 0.6 is 39.0 Å². The van der Waals surface area contributed by atoms with Gasteiger partial charge in [-0.3, -0.25) is 24.1 Å². The Morgan fingerprint density at radius 3 is 2.66 bits per heavy atom. The van der Waals surface area contributed by atoms with E-state index in [4.69, 9.17) is 5.11 Å². The Labute approximate surface area is 199 Å². The summed E-state index contributed by atoms with van der Waals surface area (Å²) in [5.74, 6) is -1.95. The Morgan fingerprint density at radius 1 is 1.19 bits per heavy atom. The van der Waals surface area contributed by atoms with E-state index < -0.39 is 5.97 Å². The number of thiazole rings is 1. The second kappa shape index (κ2) is 7.30. The van der Waals surface area contributed by atoms with E-state index in [0.717, 1.165) is 26.4 Å². The third kappa shape index (κ3) is 2.85. The number of carbonyl (C=O) groups is 3. The van der Waals surface area contributed by atoms with Gasteiger partial charge in [0, 0.05) is 27.1 Å². The third-order valence-corrected chi connectivity index (χ3v) is 10.7. The van der Waals surface area contributed by atoms with Crippen molar-refractivity contribution in [2.45, 2.75) is 29.0 Å². The fourth-order valence-corrected chi connectivity index (χ4v) is 9.89. The second-order valence-electron chi connectivity index (χ2n) is 8.99. The largest absolute Gasteiger partial charge is 0.481 e. The summed E-state index contributed by atoms with van der Waals surface area (Å²) in [6.07, 6.45) is 0.596. The lowest BCUT2D eigenvalue weighted by molar-refractivity contribution is -0.142. The SMILES string of the molecule is O=C(O)CCN1C(=O)C2C3CC(C2C1=O)C1C(c2cccc(Br)c2)c2sc(=O)[nH]c2SC31. The number of aromatic amines is 1. The molecule has 1 aromatic carbocycles. The maximum atomic E-state index is 13.3. The van der Waals surface area contributed by atoms with Crippen LogP contribution in [-0.2, 0) is 14.4 Å². The lowest BCUT2D eigenvalue weighted by atomic mass is 9.68. The fraction of sp³-hybridized carbons (Fsp3) is 0.455. The van der Waals surface area contributed by atoms with E-state index in [0.29, 0.717) is 0 Å². The van der Waals surface area contributed by atoms with Crippen LogP contribution in [0.25, 0.3) is 0 Å². The highest BCUT2D eigenvalue weighted by molar-refractivity contribution is 9.10. The van der Waals surface area contributed by atoms with Crippen LogP contribution in [0.3, 0.4) is 0 Å². The summed E-state index contributed by atoms with van der Waals surface area (Å²) in [5, 5.41) is 10.1. The molecule has 166 valence electrons. The maximum absolute atomic E-state index is 13.3. The van der Waals surface area contributed by atoms with E-state index in [2.05, 4.69) is 33.0 Å². The number of carboxylic acid groups (broad SMARTS) is 1. The van der Waals surface area contributed by atoms with Crippen molar-refractivity contribution in [2.75, 3.05) is 6.54 Å². The molecule has 32 heavy (non-hydrogen) atoms. The van der Waals surface area contributed by atoms with Gasteiger partial charge in [-0.1, -0.05) is 39.4 Å². The topological polar surface area (TPSA) is 108 Å². The number of H-pyrrole nitrogens is 1. The molecule has 3 fully saturated rings. The van der Waals surface area contributed by atoms with Gasteiger partial charge < -0.3 is 10.1 Å². The first-order valence-corrected chi connectivity index (χ1v) is 13.1. The van der Waals surface area contributed by atoms with Crippen LogP contribution in [0.5, 0.6) is 0 Å². The van der Waals surface area contributed by atoms with Crippen LogP contribution in [0.4, 0.5) is 0 Å². The van der Waals surface area contributed by atoms with Gasteiger partial charge in [0.1, 0.15) is 0 Å². The van der Waals surface area contributed by atoms with Crippen LogP contribution in [0.1, 0.15) is 29.2 Å². The summed E-state index contributed by atoms with van der Waals surface area (Å²) >= 11 is 6.45. The number of hydrogen-bond acceptors (Lipinski definition) is 6. The number of hydrogen-bond donors (Lipinski definition) is 2. The molecule has 2 saturated carbocycles. The predicted molar refractivity (Wildman–Crippen MR) is 122 cm³/mol. The van der Waals surface area contributed by atoms with E-state index >= 15 is 0 Å². The standard InChI is InChI=1S/C22H19BrN2O5S2/c23-9-3-1-2-8(6-9)13-14-10-7-11(17(14)31-19-18(13)32-22(30)24-19)16-15(10)20(28)25(21(16)29)5-4-12(26)27/h1-3,6,10-11,13-17H,4-5,7H2,(H,24,30)(H,26,27). The number of nitrogens with zero attached hydrogens (tertiary/aromatic N) is 1. The maximum Gasteiger partial charge on any atom is 0.305 e. The molecular formula is C22H19BrN2O5S2. The zero-order chi connectivity index (χ0) is 22.3. The zero-order valence-corrected chi connectivity index (χ0v) is 19.9. The molecule has 2 bridgehead atoms. The van der Waals surface area contributed by atoms with Gasteiger partial charge in [-0.2, -0.15) is 0 Å². The van der Waals surface area contributed by atoms with Crippen molar-refractivity contribution >= 4 is 56.8 Å². The summed E-state index contributed by atoms with van der Waals surface area (Å²) < 4.78 is 0.960. The van der Waals surface area contributed by atoms with Gasteiger partial charge >= 0.3 is 10.8 Å². The fourth-order valence-electron chi connectivity index (χ4n) is 6.58. The van der Waals surface area contributed by atoms with Gasteiger partial charge in [-0.15, -0.1) is 11.8 Å². The molecule has 1 saturated heterocycles. The molecule has 6 rings (SSSR count). The minimum atomic E-state index is -1.02. The third-order valence-electron chi connectivity index (χ3n) is 7.57. The average Bonchev–Trinajstić information content (AvgIpc) is 3.46. The normalized spacial score (nSPS) is 34.5. The Kier molecular flexibility index (Phi) is 4.71. The van der Waals surface area contributed by atoms with E-state index in [1.165, 1.54) is 16.2 Å². The molecule has 3 heterocycles. The second-order valence-corrected chi connectivity index (χ2v) is 12.1. The molecule has 7 nitrogen and oxygen atoms in total. The molecule has 0 radical (unpaired) electrons. The van der Waals surface area contributed by atoms with Gasteiger partial charge in [-0.05, 0) is 41.9 Å². The van der Waals surface area contributed by atoms with Crippen LogP contribution in [-0.4, -0.2) is 44.6 Å². The minimum Gasteiger partial charge on any atom is -0.481 e. The summed E-state index contributed by atoms with van der Waals surface area (Å²) in [7, 11) is 0. The van der Waals surface area contributed by atoms with Gasteiger partial charge in [-0.25, -0.2) is 0 Å². The number of aliphatic carboxylic acids is 1. The van der Waals surface area contributed by atoms with Crippen molar-refractivity contribution in [1.29, 1.82) is 0 Å². The number of benzene rings is 1. The molecule has 1 aromatic heterocycles. The van der Waals surface area contributed by atoms with E-state index in [9.17, 15) is 19.2 Å². The molecule has 2 aliphatic heterocycles. The van der Waals surface area contributed by atoms with Gasteiger partial charge in [0.15, 0.2) is 0 Å². The van der Waals surface area contributed by atoms with Crippen LogP contribution in [0, 0.1) is 29.6 Å². The molecule has 7 atom stereocenters. The Morgan fingerprint density at radius 2 is 1.94 bits per heavy atom. The number of rotatable bonds is 4. The Bertz CT molecular complexity index is 1220. The van der Waals surface area contributed by atoms with Crippen molar-refractivity contribution < 1.29 is 19.5 Å². The van der Waals surface area contributed by atoms with Crippen molar-refractivity contribution in [3.8, 4) is 0 Å². The molecule has 4 aliphatic rings. The number of halogens is 1. The van der Waals surface area contributed by atoms with Gasteiger partial charge in [0.05, 0.1) is 23.3 Å². The van der Waals surface area contributed by atoms with E-state index in [-0.39, 0.29) is 70.4 Å². The highest BCUT2D eigenvalue weighted by Gasteiger charge is 2.69. The van der Waals surface area contributed by atoms with Crippen LogP contribution < -0.4 is 4.87 Å². The Balaban J connectivity index is 1.42. The smallest absolute Gasteiger partial charge is 0.305 e. The lowest BCUT2D eigenvalue weighted by Gasteiger charge is -2.43. The molecule has 7 unspecified atom stereocenters. The molecule has 2 N–H and O–H groups in total. The number of carbonyl (C=O) groups excluding carboxylic acids is 2. The summed E-state index contributed by atoms with van der Waals surface area (Å²) in [5.41, 5.74) is 1.11. The van der Waals surface area contributed by atoms with Crippen molar-refractivity contribution in [1.82, 2.24) is 9.88 Å². The molecular weight excluding hydrogens is 516 g/mol. The number of carboxylic acids is 1. The number of aromatic nitrogens is 1. The first-order chi connectivity index (χ1) is 15.3. The minimum absolute atomic E-state index is 0.00961. The first-order valence-electron chi connectivity index (χ1n) is 10.6. The molecule has 10 heteroatoms. The summed E-state index contributed by atoms with van der Waals surface area (Å²) in [6, 6.07) is 8.10. The molecule has 2 aromatic rings. The summed E-state index contributed by atoms with van der Waals surface area (Å²) in [4.78, 5) is 54.8. The first kappa shape index (κ1) is 20.7. The monoisotopic (exact) mass is 534 g/mol. The van der Waals surface area contributed by atoms with Crippen LogP contribution in [0.15, 0.2) is 38.6 Å². The number of nitrogens with one attached hydrogen (secondary N) is 1.